The van der Waals surface area contributed by atoms with Crippen LogP contribution < -0.4 is 4.74 Å². The summed E-state index contributed by atoms with van der Waals surface area (Å²) in [5.74, 6) is 0.319. The second-order valence-electron chi connectivity index (χ2n) is 6.84. The molecule has 0 N–H and O–H groups in total. The van der Waals surface area contributed by atoms with Crippen LogP contribution in [-0.2, 0) is 11.2 Å². The number of ether oxygens (including phenoxy) is 2. The molecule has 0 spiro atoms. The number of carbonyl (C=O) groups excluding carboxylic acids is 1. The number of benzene rings is 1. The largest absolute Gasteiger partial charge is 0.497 e. The maximum absolute atomic E-state index is 13.6. The summed E-state index contributed by atoms with van der Waals surface area (Å²) >= 11 is -0.00965. The molecule has 0 bridgehead atoms. The molecule has 0 radical (unpaired) electrons. The third-order valence-electron chi connectivity index (χ3n) is 5.08. The Morgan fingerprint density at radius 2 is 2.03 bits per heavy atom. The number of nitrogens with zero attached hydrogens (tertiary/aromatic N) is 1. The van der Waals surface area contributed by atoms with Gasteiger partial charge in [0.15, 0.2) is 12.3 Å². The molecule has 1 aromatic heterocycles. The first-order chi connectivity index (χ1) is 15.6. The van der Waals surface area contributed by atoms with Gasteiger partial charge in [0, 0.05) is 0 Å². The highest BCUT2D eigenvalue weighted by molar-refractivity contribution is 7.92. The third kappa shape index (κ3) is 5.94. The predicted molar refractivity (Wildman–Crippen MR) is 133 cm³/mol. The van der Waals surface area contributed by atoms with Gasteiger partial charge in [-0.15, -0.1) is 3.89 Å². The number of aromatic nitrogens is 1. The van der Waals surface area contributed by atoms with Crippen molar-refractivity contribution >= 4 is 30.0 Å². The van der Waals surface area contributed by atoms with E-state index in [-0.39, 0.29) is 24.6 Å². The van der Waals surface area contributed by atoms with Crippen molar-refractivity contribution in [2.24, 2.45) is 0 Å². The molecule has 1 aliphatic carbocycles. The fraction of sp³-hybridized carbons (Fsp3) is 0.346. The van der Waals surface area contributed by atoms with Crippen molar-refractivity contribution in [3.63, 3.8) is 0 Å². The van der Waals surface area contributed by atoms with Crippen LogP contribution in [0.4, 0.5) is 3.89 Å². The summed E-state index contributed by atoms with van der Waals surface area (Å²) in [7, 11) is 1.68. The van der Waals surface area contributed by atoms with Crippen LogP contribution in [0.3, 0.4) is 0 Å². The van der Waals surface area contributed by atoms with Gasteiger partial charge >= 0.3 is 5.97 Å². The van der Waals surface area contributed by atoms with Gasteiger partial charge in [-0.1, -0.05) is 38.1 Å². The van der Waals surface area contributed by atoms with Gasteiger partial charge in [-0.25, -0.2) is 8.77 Å². The third-order valence-corrected chi connectivity index (χ3v) is 5.62. The van der Waals surface area contributed by atoms with E-state index in [0.717, 1.165) is 36.2 Å². The summed E-state index contributed by atoms with van der Waals surface area (Å²) in [5, 5.41) is 0. The van der Waals surface area contributed by atoms with Crippen molar-refractivity contribution in [2.45, 2.75) is 47.0 Å². The number of rotatable bonds is 7. The zero-order valence-corrected chi connectivity index (χ0v) is 20.3. The van der Waals surface area contributed by atoms with E-state index in [0.29, 0.717) is 5.69 Å². The molecule has 0 saturated heterocycles. The Kier molecular flexibility index (Phi) is 10.3. The average molecular weight is 458 g/mol. The van der Waals surface area contributed by atoms with E-state index in [1.165, 1.54) is 15.1 Å². The summed E-state index contributed by atoms with van der Waals surface area (Å²) in [6.45, 7) is 7.95. The molecule has 0 atom stereocenters. The smallest absolute Gasteiger partial charge is 0.355 e. The van der Waals surface area contributed by atoms with E-state index < -0.39 is 5.97 Å². The van der Waals surface area contributed by atoms with Gasteiger partial charge < -0.3 is 9.47 Å². The Hall–Kier alpha value is -2.73. The molecular formula is C26H32FNO3S. The number of halogens is 1. The second kappa shape index (κ2) is 13.0. The first-order valence-corrected chi connectivity index (χ1v) is 11.7. The van der Waals surface area contributed by atoms with Crippen molar-refractivity contribution < 1.29 is 18.2 Å². The second-order valence-corrected chi connectivity index (χ2v) is 7.34. The highest BCUT2D eigenvalue weighted by Crippen LogP contribution is 2.34. The Labute approximate surface area is 195 Å². The molecule has 0 amide bonds. The van der Waals surface area contributed by atoms with Crippen LogP contribution in [-0.4, -0.2) is 23.7 Å². The molecule has 2 aromatic rings. The van der Waals surface area contributed by atoms with Crippen molar-refractivity contribution in [2.75, 3.05) is 13.7 Å². The minimum absolute atomic E-state index is 0.00965. The number of fused-ring (bicyclic) bond motifs is 1. The number of methoxy groups -OCH3 is 1. The molecule has 172 valence electrons. The first-order valence-electron chi connectivity index (χ1n) is 11.0. The fourth-order valence-corrected chi connectivity index (χ4v) is 4.01. The van der Waals surface area contributed by atoms with Crippen LogP contribution in [0.1, 0.15) is 67.8 Å². The standard InChI is InChI=1S/C24H26FNO3S.C2H6/c1-4-17(10-11-19-12-15-23(26(19)30-25)24(27)29-5-2)21-9-7-6-8-18-16-20(28-3)13-14-22(18)21;1-2/h4,9-16H,5-8H2,1-3H3;1-2H3/b11-10-,17-4+;. The van der Waals surface area contributed by atoms with E-state index in [1.807, 2.05) is 45.1 Å². The zero-order chi connectivity index (χ0) is 23.5. The van der Waals surface area contributed by atoms with Gasteiger partial charge in [-0.3, -0.25) is 0 Å². The molecular weight excluding hydrogens is 425 g/mol. The molecule has 0 saturated carbocycles. The van der Waals surface area contributed by atoms with Crippen LogP contribution >= 0.6 is 12.3 Å². The van der Waals surface area contributed by atoms with Crippen molar-refractivity contribution in [1.29, 1.82) is 0 Å². The first kappa shape index (κ1) is 25.5. The van der Waals surface area contributed by atoms with Gasteiger partial charge in [-0.05, 0) is 85.7 Å². The lowest BCUT2D eigenvalue weighted by Crippen LogP contribution is -2.08. The Bertz CT molecular complexity index is 1000. The zero-order valence-electron chi connectivity index (χ0n) is 19.5. The summed E-state index contributed by atoms with van der Waals surface area (Å²) < 4.78 is 25.2. The molecule has 0 unspecified atom stereocenters. The SMILES string of the molecule is C/C=C(\C=C/c1ccc(C(=O)OCC)n1SF)C1=CCCCc2cc(OC)ccc21.CC. The Morgan fingerprint density at radius 1 is 1.25 bits per heavy atom. The molecule has 1 aliphatic rings. The molecule has 1 heterocycles. The van der Waals surface area contributed by atoms with Gasteiger partial charge in [0.25, 0.3) is 0 Å². The summed E-state index contributed by atoms with van der Waals surface area (Å²) in [6.07, 6.45) is 11.1. The van der Waals surface area contributed by atoms with Crippen LogP contribution in [0.15, 0.2) is 54.1 Å². The molecule has 1 aromatic carbocycles. The highest BCUT2D eigenvalue weighted by Gasteiger charge is 2.17. The summed E-state index contributed by atoms with van der Waals surface area (Å²) in [4.78, 5) is 12.0. The number of esters is 1. The van der Waals surface area contributed by atoms with Gasteiger partial charge in [-0.2, -0.15) is 0 Å². The molecule has 0 fully saturated rings. The lowest BCUT2D eigenvalue weighted by Gasteiger charge is -2.13. The van der Waals surface area contributed by atoms with Crippen LogP contribution in [0, 0.1) is 0 Å². The normalized spacial score (nSPS) is 13.6. The molecule has 0 aliphatic heterocycles. The van der Waals surface area contributed by atoms with Crippen molar-refractivity contribution in [3.8, 4) is 5.75 Å². The van der Waals surface area contributed by atoms with E-state index in [9.17, 15) is 8.68 Å². The number of hydrogen-bond acceptors (Lipinski definition) is 4. The average Bonchev–Trinajstić information content (AvgIpc) is 3.13. The molecule has 4 nitrogen and oxygen atoms in total. The van der Waals surface area contributed by atoms with Gasteiger partial charge in [0.05, 0.1) is 19.4 Å². The number of hydrogen-bond donors (Lipinski definition) is 0. The van der Waals surface area contributed by atoms with Gasteiger partial charge in [0.1, 0.15) is 11.4 Å². The van der Waals surface area contributed by atoms with E-state index in [1.54, 1.807) is 26.2 Å². The molecule has 32 heavy (non-hydrogen) atoms. The monoisotopic (exact) mass is 457 g/mol. The van der Waals surface area contributed by atoms with Crippen LogP contribution in [0.25, 0.3) is 11.6 Å². The van der Waals surface area contributed by atoms with Crippen molar-refractivity contribution in [3.05, 3.63) is 76.6 Å². The Morgan fingerprint density at radius 3 is 2.69 bits per heavy atom. The number of allylic oxidation sites excluding steroid dienone is 5. The lowest BCUT2D eigenvalue weighted by molar-refractivity contribution is 0.0518. The number of carbonyl (C=O) groups is 1. The maximum Gasteiger partial charge on any atom is 0.355 e. The van der Waals surface area contributed by atoms with Crippen LogP contribution in [0.5, 0.6) is 5.75 Å². The summed E-state index contributed by atoms with van der Waals surface area (Å²) in [5.41, 5.74) is 5.40. The highest BCUT2D eigenvalue weighted by atomic mass is 32.2. The maximum atomic E-state index is 13.6. The predicted octanol–water partition coefficient (Wildman–Crippen LogP) is 7.46. The van der Waals surface area contributed by atoms with E-state index >= 15 is 0 Å². The summed E-state index contributed by atoms with van der Waals surface area (Å²) in [6, 6.07) is 9.46. The fourth-order valence-electron chi connectivity index (χ4n) is 3.60. The minimum atomic E-state index is -0.539. The van der Waals surface area contributed by atoms with E-state index in [4.69, 9.17) is 9.47 Å². The topological polar surface area (TPSA) is 40.5 Å². The van der Waals surface area contributed by atoms with Gasteiger partial charge in [0.2, 0.25) is 0 Å². The quantitative estimate of drug-likeness (QED) is 0.320. The lowest BCUT2D eigenvalue weighted by atomic mass is 9.93. The molecule has 3 rings (SSSR count). The van der Waals surface area contributed by atoms with Crippen molar-refractivity contribution in [1.82, 2.24) is 3.97 Å². The number of aryl methyl sites for hydroxylation is 1. The molecule has 6 heteroatoms. The minimum Gasteiger partial charge on any atom is -0.497 e. The van der Waals surface area contributed by atoms with Crippen LogP contribution in [0.2, 0.25) is 0 Å². The Balaban J connectivity index is 0.00000176. The van der Waals surface area contributed by atoms with E-state index in [2.05, 4.69) is 18.2 Å².